The summed E-state index contributed by atoms with van der Waals surface area (Å²) in [5.41, 5.74) is 2.58. The summed E-state index contributed by atoms with van der Waals surface area (Å²) < 4.78 is 36.4. The molecule has 2 aromatic rings. The molecule has 170 valence electrons. The van der Waals surface area contributed by atoms with Crippen molar-refractivity contribution in [1.82, 2.24) is 5.32 Å². The molecule has 0 saturated heterocycles. The highest BCUT2D eigenvalue weighted by Crippen LogP contribution is 2.31. The van der Waals surface area contributed by atoms with Crippen molar-refractivity contribution in [1.29, 1.82) is 0 Å². The minimum atomic E-state index is -3.44. The lowest BCUT2D eigenvalue weighted by Gasteiger charge is -2.23. The van der Waals surface area contributed by atoms with Crippen molar-refractivity contribution >= 4 is 21.6 Å². The second kappa shape index (κ2) is 11.0. The Hall–Kier alpha value is -2.74. The Kier molecular flexibility index (Phi) is 8.74. The fourth-order valence-electron chi connectivity index (χ4n) is 3.34. The van der Waals surface area contributed by atoms with Crippen LogP contribution in [0.25, 0.3) is 0 Å². The molecule has 0 saturated carbocycles. The van der Waals surface area contributed by atoms with Gasteiger partial charge in [-0.1, -0.05) is 30.7 Å². The van der Waals surface area contributed by atoms with Gasteiger partial charge in [0.2, 0.25) is 15.9 Å². The summed E-state index contributed by atoms with van der Waals surface area (Å²) in [6.45, 7) is 4.17. The third kappa shape index (κ3) is 6.89. The molecule has 0 aromatic heterocycles. The first kappa shape index (κ1) is 24.5. The van der Waals surface area contributed by atoms with Gasteiger partial charge in [-0.2, -0.15) is 0 Å². The average molecular weight is 449 g/mol. The number of ether oxygens (including phenoxy) is 2. The minimum absolute atomic E-state index is 0.126. The zero-order valence-electron chi connectivity index (χ0n) is 18.8. The Morgan fingerprint density at radius 2 is 1.71 bits per heavy atom. The van der Waals surface area contributed by atoms with E-state index in [1.165, 1.54) is 10.6 Å². The minimum Gasteiger partial charge on any atom is -0.493 e. The van der Waals surface area contributed by atoms with E-state index < -0.39 is 10.0 Å². The molecule has 0 spiro atoms. The van der Waals surface area contributed by atoms with Crippen LogP contribution in [0.15, 0.2) is 42.5 Å². The van der Waals surface area contributed by atoms with Crippen LogP contribution < -0.4 is 19.1 Å². The van der Waals surface area contributed by atoms with Crippen LogP contribution in [0.5, 0.6) is 11.5 Å². The van der Waals surface area contributed by atoms with E-state index in [0.29, 0.717) is 30.0 Å². The Morgan fingerprint density at radius 1 is 1.06 bits per heavy atom. The highest BCUT2D eigenvalue weighted by Gasteiger charge is 2.19. The van der Waals surface area contributed by atoms with Crippen molar-refractivity contribution in [3.8, 4) is 11.5 Å². The van der Waals surface area contributed by atoms with Gasteiger partial charge in [0, 0.05) is 13.0 Å². The van der Waals surface area contributed by atoms with Crippen LogP contribution in [-0.4, -0.2) is 41.3 Å². The van der Waals surface area contributed by atoms with Gasteiger partial charge >= 0.3 is 0 Å². The number of methoxy groups -OCH3 is 2. The molecule has 2 rings (SSSR count). The first-order valence-corrected chi connectivity index (χ1v) is 12.1. The van der Waals surface area contributed by atoms with E-state index in [2.05, 4.69) is 5.32 Å². The quantitative estimate of drug-likeness (QED) is 0.565. The Balaban J connectivity index is 2.00. The van der Waals surface area contributed by atoms with E-state index in [9.17, 15) is 13.2 Å². The van der Waals surface area contributed by atoms with Crippen molar-refractivity contribution in [3.63, 3.8) is 0 Å². The SMILES string of the molecule is CC[C@@H](NC(=O)CCCN(c1ccc(C)cc1)S(C)(=O)=O)c1ccc(OC)c(OC)c1. The molecule has 7 nitrogen and oxygen atoms in total. The first-order chi connectivity index (χ1) is 14.7. The van der Waals surface area contributed by atoms with Gasteiger partial charge in [0.05, 0.1) is 32.2 Å². The van der Waals surface area contributed by atoms with Crippen molar-refractivity contribution in [2.45, 2.75) is 39.2 Å². The van der Waals surface area contributed by atoms with Gasteiger partial charge < -0.3 is 14.8 Å². The summed E-state index contributed by atoms with van der Waals surface area (Å²) in [5.74, 6) is 1.11. The number of hydrogen-bond acceptors (Lipinski definition) is 5. The van der Waals surface area contributed by atoms with E-state index in [1.54, 1.807) is 26.4 Å². The van der Waals surface area contributed by atoms with Crippen LogP contribution in [-0.2, 0) is 14.8 Å². The van der Waals surface area contributed by atoms with Crippen molar-refractivity contribution < 1.29 is 22.7 Å². The highest BCUT2D eigenvalue weighted by atomic mass is 32.2. The number of rotatable bonds is 11. The molecular weight excluding hydrogens is 416 g/mol. The molecule has 0 heterocycles. The summed E-state index contributed by atoms with van der Waals surface area (Å²) in [7, 11) is -0.289. The standard InChI is InChI=1S/C23H32N2O5S/c1-6-20(18-11-14-21(29-3)22(16-18)30-4)24-23(26)8-7-15-25(31(5,27)28)19-12-9-17(2)10-13-19/h9-14,16,20H,6-8,15H2,1-5H3,(H,24,26)/t20-/m1/s1. The summed E-state index contributed by atoms with van der Waals surface area (Å²) in [6.07, 6.45) is 2.52. The number of sulfonamides is 1. The molecule has 1 atom stereocenters. The zero-order chi connectivity index (χ0) is 23.0. The fraction of sp³-hybridized carbons (Fsp3) is 0.435. The van der Waals surface area contributed by atoms with Crippen LogP contribution in [0.1, 0.15) is 43.4 Å². The lowest BCUT2D eigenvalue weighted by Crippen LogP contribution is -2.33. The van der Waals surface area contributed by atoms with E-state index in [4.69, 9.17) is 9.47 Å². The average Bonchev–Trinajstić information content (AvgIpc) is 2.74. The third-order valence-corrected chi connectivity index (χ3v) is 6.23. The zero-order valence-corrected chi connectivity index (χ0v) is 19.7. The van der Waals surface area contributed by atoms with Gasteiger partial charge in [-0.05, 0) is 49.6 Å². The molecule has 0 fully saturated rings. The predicted octanol–water partition coefficient (Wildman–Crippen LogP) is 3.83. The third-order valence-electron chi connectivity index (χ3n) is 5.04. The largest absolute Gasteiger partial charge is 0.493 e. The number of hydrogen-bond donors (Lipinski definition) is 1. The molecule has 0 radical (unpaired) electrons. The van der Waals surface area contributed by atoms with Crippen LogP contribution >= 0.6 is 0 Å². The highest BCUT2D eigenvalue weighted by molar-refractivity contribution is 7.92. The molecule has 2 aromatic carbocycles. The van der Waals surface area contributed by atoms with Crippen LogP contribution in [0.3, 0.4) is 0 Å². The van der Waals surface area contributed by atoms with Gasteiger partial charge in [0.15, 0.2) is 11.5 Å². The molecule has 0 bridgehead atoms. The van der Waals surface area contributed by atoms with Crippen molar-refractivity contribution in [2.24, 2.45) is 0 Å². The number of amides is 1. The second-order valence-electron chi connectivity index (χ2n) is 7.42. The molecule has 1 N–H and O–H groups in total. The smallest absolute Gasteiger partial charge is 0.232 e. The Bertz CT molecular complexity index is 974. The molecule has 1 amide bonds. The van der Waals surface area contributed by atoms with Crippen LogP contribution in [0, 0.1) is 6.92 Å². The number of aryl methyl sites for hydroxylation is 1. The number of carbonyl (C=O) groups excluding carboxylic acids is 1. The maximum absolute atomic E-state index is 12.5. The number of benzene rings is 2. The number of nitrogens with zero attached hydrogens (tertiary/aromatic N) is 1. The molecule has 8 heteroatoms. The summed E-state index contributed by atoms with van der Waals surface area (Å²) in [5, 5.41) is 3.03. The van der Waals surface area contributed by atoms with Gasteiger partial charge in [-0.25, -0.2) is 8.42 Å². The van der Waals surface area contributed by atoms with Crippen LogP contribution in [0.4, 0.5) is 5.69 Å². The van der Waals surface area contributed by atoms with Crippen molar-refractivity contribution in [2.75, 3.05) is 31.3 Å². The van der Waals surface area contributed by atoms with Crippen molar-refractivity contribution in [3.05, 3.63) is 53.6 Å². The lowest BCUT2D eigenvalue weighted by atomic mass is 10.0. The van der Waals surface area contributed by atoms with Gasteiger partial charge in [-0.15, -0.1) is 0 Å². The molecule has 0 aliphatic carbocycles. The molecular formula is C23H32N2O5S. The molecule has 0 aliphatic rings. The maximum atomic E-state index is 12.5. The topological polar surface area (TPSA) is 84.9 Å². The normalized spacial score (nSPS) is 12.2. The summed E-state index contributed by atoms with van der Waals surface area (Å²) in [4.78, 5) is 12.5. The Morgan fingerprint density at radius 3 is 2.26 bits per heavy atom. The number of nitrogens with one attached hydrogen (secondary N) is 1. The van der Waals surface area contributed by atoms with E-state index in [-0.39, 0.29) is 24.9 Å². The monoisotopic (exact) mass is 448 g/mol. The maximum Gasteiger partial charge on any atom is 0.232 e. The second-order valence-corrected chi connectivity index (χ2v) is 9.32. The van der Waals surface area contributed by atoms with Gasteiger partial charge in [0.1, 0.15) is 0 Å². The van der Waals surface area contributed by atoms with E-state index in [1.807, 2.05) is 44.2 Å². The first-order valence-electron chi connectivity index (χ1n) is 10.2. The number of carbonyl (C=O) groups is 1. The van der Waals surface area contributed by atoms with E-state index in [0.717, 1.165) is 11.1 Å². The molecule has 0 unspecified atom stereocenters. The Labute approximate surface area is 185 Å². The number of anilines is 1. The van der Waals surface area contributed by atoms with Gasteiger partial charge in [-0.3, -0.25) is 9.10 Å². The molecule has 0 aliphatic heterocycles. The van der Waals surface area contributed by atoms with Crippen LogP contribution in [0.2, 0.25) is 0 Å². The molecule has 31 heavy (non-hydrogen) atoms. The summed E-state index contributed by atoms with van der Waals surface area (Å²) >= 11 is 0. The lowest BCUT2D eigenvalue weighted by molar-refractivity contribution is -0.121. The van der Waals surface area contributed by atoms with Gasteiger partial charge in [0.25, 0.3) is 0 Å². The predicted molar refractivity (Wildman–Crippen MR) is 123 cm³/mol. The fourth-order valence-corrected chi connectivity index (χ4v) is 4.30. The summed E-state index contributed by atoms with van der Waals surface area (Å²) in [6, 6.07) is 12.7. The van der Waals surface area contributed by atoms with E-state index >= 15 is 0 Å².